The summed E-state index contributed by atoms with van der Waals surface area (Å²) in [5.74, 6) is -0.0364. The third-order valence-corrected chi connectivity index (χ3v) is 5.42. The number of carbonyl (C=O) groups is 1. The molecule has 9 nitrogen and oxygen atoms in total. The molecule has 1 aromatic heterocycles. The largest absolute Gasteiger partial charge is 0.416 e. The Morgan fingerprint density at radius 3 is 2.64 bits per heavy atom. The molecule has 0 aliphatic rings. The van der Waals surface area contributed by atoms with Crippen LogP contribution in [0.5, 0.6) is 0 Å². The van der Waals surface area contributed by atoms with E-state index in [0.29, 0.717) is 17.5 Å². The highest BCUT2D eigenvalue weighted by atomic mass is 32.2. The van der Waals surface area contributed by atoms with Crippen LogP contribution in [0.3, 0.4) is 0 Å². The number of carbonyl (C=O) groups excluding carboxylic acids is 1. The summed E-state index contributed by atoms with van der Waals surface area (Å²) in [5, 5.41) is 25.0. The van der Waals surface area contributed by atoms with Crippen LogP contribution in [0.1, 0.15) is 18.3 Å². The van der Waals surface area contributed by atoms with Gasteiger partial charge in [0.15, 0.2) is 11.0 Å². The summed E-state index contributed by atoms with van der Waals surface area (Å²) in [4.78, 5) is 22.8. The summed E-state index contributed by atoms with van der Waals surface area (Å²) in [7, 11) is 0. The van der Waals surface area contributed by atoms with Gasteiger partial charge in [-0.25, -0.2) is 0 Å². The number of aromatic nitrogens is 3. The zero-order chi connectivity index (χ0) is 24.0. The van der Waals surface area contributed by atoms with Crippen molar-refractivity contribution >= 4 is 34.7 Å². The van der Waals surface area contributed by atoms with Crippen molar-refractivity contribution in [1.82, 2.24) is 14.8 Å². The summed E-state index contributed by atoms with van der Waals surface area (Å²) >= 11 is 1.09. The predicted molar refractivity (Wildman–Crippen MR) is 117 cm³/mol. The number of hydrogen-bond donors (Lipinski definition) is 2. The summed E-state index contributed by atoms with van der Waals surface area (Å²) in [6, 6.07) is 10.6. The SMILES string of the molecule is CCn1c(CNc2cccc(C(F)(F)F)c2)nnc1SCC(=O)Nc1ccccc1[N+](=O)[O-]. The molecule has 174 valence electrons. The lowest BCUT2D eigenvalue weighted by Crippen LogP contribution is -2.16. The number of nitrogens with one attached hydrogen (secondary N) is 2. The standard InChI is InChI=1S/C20H19F3N6O3S/c1-2-28-17(11-24-14-7-5-6-13(10-14)20(21,22)23)26-27-19(28)33-12-18(30)25-15-8-3-4-9-16(15)29(31)32/h3-10,24H,2,11-12H2,1H3,(H,25,30). The van der Waals surface area contributed by atoms with Crippen molar-refractivity contribution in [2.24, 2.45) is 0 Å². The van der Waals surface area contributed by atoms with E-state index in [1.165, 1.54) is 30.3 Å². The molecule has 2 N–H and O–H groups in total. The molecule has 0 fully saturated rings. The third-order valence-electron chi connectivity index (χ3n) is 4.46. The smallest absolute Gasteiger partial charge is 0.378 e. The molecule has 0 bridgehead atoms. The number of amides is 1. The Morgan fingerprint density at radius 1 is 1.18 bits per heavy atom. The number of hydrogen-bond acceptors (Lipinski definition) is 7. The average Bonchev–Trinajstić information content (AvgIpc) is 3.18. The molecule has 0 atom stereocenters. The van der Waals surface area contributed by atoms with E-state index in [1.54, 1.807) is 10.6 Å². The van der Waals surface area contributed by atoms with Gasteiger partial charge in [0.1, 0.15) is 5.69 Å². The number of benzene rings is 2. The number of anilines is 2. The van der Waals surface area contributed by atoms with Gasteiger partial charge in [-0.1, -0.05) is 30.0 Å². The Bertz CT molecular complexity index is 1150. The molecule has 0 radical (unpaired) electrons. The van der Waals surface area contributed by atoms with Gasteiger partial charge in [0.05, 0.1) is 22.8 Å². The van der Waals surface area contributed by atoms with Crippen LogP contribution in [0.2, 0.25) is 0 Å². The summed E-state index contributed by atoms with van der Waals surface area (Å²) in [6.07, 6.45) is -4.44. The van der Waals surface area contributed by atoms with Crippen LogP contribution in [0, 0.1) is 10.1 Å². The minimum atomic E-state index is -4.44. The minimum absolute atomic E-state index is 0.0642. The maximum Gasteiger partial charge on any atom is 0.416 e. The zero-order valence-corrected chi connectivity index (χ0v) is 18.1. The molecule has 13 heteroatoms. The van der Waals surface area contributed by atoms with Crippen LogP contribution < -0.4 is 10.6 Å². The highest BCUT2D eigenvalue weighted by molar-refractivity contribution is 7.99. The van der Waals surface area contributed by atoms with Crippen LogP contribution in [0.15, 0.2) is 53.7 Å². The van der Waals surface area contributed by atoms with Gasteiger partial charge in [-0.05, 0) is 31.2 Å². The van der Waals surface area contributed by atoms with Gasteiger partial charge < -0.3 is 15.2 Å². The molecule has 0 spiro atoms. The van der Waals surface area contributed by atoms with Crippen LogP contribution in [0.4, 0.5) is 30.2 Å². The van der Waals surface area contributed by atoms with Crippen LogP contribution in [-0.4, -0.2) is 31.3 Å². The second-order valence-electron chi connectivity index (χ2n) is 6.69. The number of thioether (sulfide) groups is 1. The van der Waals surface area contributed by atoms with Crippen molar-refractivity contribution in [3.05, 3.63) is 70.0 Å². The first-order chi connectivity index (χ1) is 15.7. The summed E-state index contributed by atoms with van der Waals surface area (Å²) in [6.45, 7) is 2.44. The van der Waals surface area contributed by atoms with Gasteiger partial charge in [-0.15, -0.1) is 10.2 Å². The normalized spacial score (nSPS) is 11.3. The molecule has 2 aromatic carbocycles. The zero-order valence-electron chi connectivity index (χ0n) is 17.3. The number of alkyl halides is 3. The number of para-hydroxylation sites is 2. The predicted octanol–water partition coefficient (Wildman–Crippen LogP) is 4.57. The molecule has 0 saturated heterocycles. The first-order valence-corrected chi connectivity index (χ1v) is 10.7. The Labute approximate surface area is 190 Å². The fourth-order valence-electron chi connectivity index (χ4n) is 2.92. The van der Waals surface area contributed by atoms with E-state index in [9.17, 15) is 28.1 Å². The van der Waals surface area contributed by atoms with E-state index < -0.39 is 22.6 Å². The van der Waals surface area contributed by atoms with Crippen molar-refractivity contribution in [3.8, 4) is 0 Å². The molecule has 3 aromatic rings. The van der Waals surface area contributed by atoms with Gasteiger partial charge in [0, 0.05) is 18.3 Å². The summed E-state index contributed by atoms with van der Waals surface area (Å²) < 4.78 is 40.4. The van der Waals surface area contributed by atoms with E-state index >= 15 is 0 Å². The maximum atomic E-state index is 12.9. The van der Waals surface area contributed by atoms with Crippen molar-refractivity contribution in [2.45, 2.75) is 31.3 Å². The topological polar surface area (TPSA) is 115 Å². The summed E-state index contributed by atoms with van der Waals surface area (Å²) in [5.41, 5.74) is -0.592. The fraction of sp³-hybridized carbons (Fsp3) is 0.250. The molecule has 0 unspecified atom stereocenters. The van der Waals surface area contributed by atoms with E-state index in [-0.39, 0.29) is 29.4 Å². The minimum Gasteiger partial charge on any atom is -0.378 e. The van der Waals surface area contributed by atoms with Crippen LogP contribution in [0.25, 0.3) is 0 Å². The fourth-order valence-corrected chi connectivity index (χ4v) is 3.74. The second-order valence-corrected chi connectivity index (χ2v) is 7.63. The number of nitrogens with zero attached hydrogens (tertiary/aromatic N) is 4. The third kappa shape index (κ3) is 6.22. The Morgan fingerprint density at radius 2 is 1.94 bits per heavy atom. The first kappa shape index (κ1) is 24.0. The van der Waals surface area contributed by atoms with Gasteiger partial charge in [-0.2, -0.15) is 13.2 Å². The average molecular weight is 480 g/mol. The maximum absolute atomic E-state index is 12.9. The molecular weight excluding hydrogens is 461 g/mol. The van der Waals surface area contributed by atoms with E-state index in [2.05, 4.69) is 20.8 Å². The van der Waals surface area contributed by atoms with E-state index in [0.717, 1.165) is 23.9 Å². The molecule has 0 saturated carbocycles. The van der Waals surface area contributed by atoms with E-state index in [4.69, 9.17) is 0 Å². The Kier molecular flexibility index (Phi) is 7.53. The number of nitro groups is 1. The molecule has 0 aliphatic heterocycles. The highest BCUT2D eigenvalue weighted by Crippen LogP contribution is 2.31. The molecule has 3 rings (SSSR count). The Hall–Kier alpha value is -3.61. The van der Waals surface area contributed by atoms with E-state index in [1.807, 2.05) is 6.92 Å². The van der Waals surface area contributed by atoms with Gasteiger partial charge in [0.25, 0.3) is 5.69 Å². The lowest BCUT2D eigenvalue weighted by Gasteiger charge is -2.11. The van der Waals surface area contributed by atoms with Gasteiger partial charge >= 0.3 is 6.18 Å². The van der Waals surface area contributed by atoms with Crippen molar-refractivity contribution in [2.75, 3.05) is 16.4 Å². The van der Waals surface area contributed by atoms with Crippen molar-refractivity contribution in [1.29, 1.82) is 0 Å². The van der Waals surface area contributed by atoms with Gasteiger partial charge in [0.2, 0.25) is 5.91 Å². The lowest BCUT2D eigenvalue weighted by atomic mass is 10.2. The molecular formula is C20H19F3N6O3S. The monoisotopic (exact) mass is 480 g/mol. The molecule has 0 aliphatic carbocycles. The number of halogens is 3. The van der Waals surface area contributed by atoms with Gasteiger partial charge in [-0.3, -0.25) is 14.9 Å². The van der Waals surface area contributed by atoms with Crippen molar-refractivity contribution < 1.29 is 22.9 Å². The highest BCUT2D eigenvalue weighted by Gasteiger charge is 2.30. The van der Waals surface area contributed by atoms with Crippen LogP contribution in [-0.2, 0) is 24.1 Å². The molecule has 1 heterocycles. The quantitative estimate of drug-likeness (QED) is 0.262. The number of rotatable bonds is 9. The second kappa shape index (κ2) is 10.3. The van der Waals surface area contributed by atoms with Crippen LogP contribution >= 0.6 is 11.8 Å². The molecule has 33 heavy (non-hydrogen) atoms. The number of nitro benzene ring substituents is 1. The Balaban J connectivity index is 1.62. The van der Waals surface area contributed by atoms with Crippen molar-refractivity contribution in [3.63, 3.8) is 0 Å². The first-order valence-electron chi connectivity index (χ1n) is 9.68. The lowest BCUT2D eigenvalue weighted by molar-refractivity contribution is -0.383. The molecule has 1 amide bonds.